The number of ether oxygens (including phenoxy) is 2. The van der Waals surface area contributed by atoms with Crippen LogP contribution in [0.15, 0.2) is 47.4 Å². The fourth-order valence-electron chi connectivity index (χ4n) is 2.72. The van der Waals surface area contributed by atoms with Gasteiger partial charge in [-0.05, 0) is 56.7 Å². The molecule has 0 atom stereocenters. The number of unbranched alkanes of at least 4 members (excludes halogenated alkanes) is 4. The van der Waals surface area contributed by atoms with Crippen LogP contribution in [0, 0.1) is 0 Å². The summed E-state index contributed by atoms with van der Waals surface area (Å²) in [5.74, 6) is -1.60. The molecule has 0 aliphatic rings. The number of allylic oxidation sites excluding steroid dienone is 4. The van der Waals surface area contributed by atoms with Crippen molar-refractivity contribution in [3.8, 4) is 0 Å². The Morgan fingerprint density at radius 2 is 1.28 bits per heavy atom. The van der Waals surface area contributed by atoms with Gasteiger partial charge in [-0.2, -0.15) is 8.42 Å². The van der Waals surface area contributed by atoms with Gasteiger partial charge in [-0.1, -0.05) is 51.0 Å². The van der Waals surface area contributed by atoms with Crippen molar-refractivity contribution in [2.45, 2.75) is 70.1 Å². The molecular formula is C24H34O7S. The molecule has 0 saturated heterocycles. The third-order valence-electron chi connectivity index (χ3n) is 4.47. The Kier molecular flexibility index (Phi) is 13.2. The number of carbonyl (C=O) groups is 2. The Labute approximate surface area is 191 Å². The lowest BCUT2D eigenvalue weighted by Gasteiger charge is -2.11. The second kappa shape index (κ2) is 15.4. The molecule has 1 rings (SSSR count). The van der Waals surface area contributed by atoms with Crippen molar-refractivity contribution < 1.29 is 32.0 Å². The van der Waals surface area contributed by atoms with E-state index in [1.165, 1.54) is 0 Å². The third kappa shape index (κ3) is 10.7. The molecule has 0 aliphatic heterocycles. The van der Waals surface area contributed by atoms with Gasteiger partial charge in [0.15, 0.2) is 0 Å². The summed E-state index contributed by atoms with van der Waals surface area (Å²) in [5.41, 5.74) is -0.360. The predicted octanol–water partition coefficient (Wildman–Crippen LogP) is 5.52. The number of hydrogen-bond donors (Lipinski definition) is 1. The zero-order valence-electron chi connectivity index (χ0n) is 18.9. The molecule has 0 radical (unpaired) electrons. The van der Waals surface area contributed by atoms with E-state index < -0.39 is 27.0 Å². The molecule has 0 spiro atoms. The number of rotatable bonds is 15. The number of carbonyl (C=O) groups excluding carboxylic acids is 2. The van der Waals surface area contributed by atoms with E-state index in [0.717, 1.165) is 56.7 Å². The maximum Gasteiger partial charge on any atom is 0.339 e. The van der Waals surface area contributed by atoms with Crippen molar-refractivity contribution in [2.24, 2.45) is 0 Å². The van der Waals surface area contributed by atoms with Crippen LogP contribution in [-0.2, 0) is 19.6 Å². The molecule has 178 valence electrons. The summed E-state index contributed by atoms with van der Waals surface area (Å²) in [5, 5.41) is 0. The Balaban J connectivity index is 2.79. The summed E-state index contributed by atoms with van der Waals surface area (Å²) < 4.78 is 42.7. The van der Waals surface area contributed by atoms with E-state index in [-0.39, 0.29) is 24.3 Å². The largest absolute Gasteiger partial charge is 0.462 e. The molecule has 7 nitrogen and oxygen atoms in total. The highest BCUT2D eigenvalue weighted by atomic mass is 32.2. The van der Waals surface area contributed by atoms with Gasteiger partial charge in [0.25, 0.3) is 10.1 Å². The van der Waals surface area contributed by atoms with Gasteiger partial charge < -0.3 is 9.47 Å². The summed E-state index contributed by atoms with van der Waals surface area (Å²) in [6, 6.07) is 3.13. The van der Waals surface area contributed by atoms with Crippen LogP contribution in [0.5, 0.6) is 0 Å². The highest BCUT2D eigenvalue weighted by Crippen LogP contribution is 2.19. The van der Waals surface area contributed by atoms with Crippen LogP contribution in [-0.4, -0.2) is 38.1 Å². The van der Waals surface area contributed by atoms with Gasteiger partial charge in [0.1, 0.15) is 0 Å². The topological polar surface area (TPSA) is 107 Å². The molecule has 0 bridgehead atoms. The van der Waals surface area contributed by atoms with Crippen molar-refractivity contribution in [1.29, 1.82) is 0 Å². The summed E-state index contributed by atoms with van der Waals surface area (Å²) in [6.45, 7) is 4.45. The minimum Gasteiger partial charge on any atom is -0.462 e. The minimum absolute atomic E-state index is 0.105. The zero-order valence-corrected chi connectivity index (χ0v) is 19.7. The fraction of sp³-hybridized carbons (Fsp3) is 0.500. The average Bonchev–Trinajstić information content (AvgIpc) is 2.76. The Morgan fingerprint density at radius 3 is 1.75 bits per heavy atom. The lowest BCUT2D eigenvalue weighted by atomic mass is 10.1. The van der Waals surface area contributed by atoms with E-state index in [2.05, 4.69) is 26.0 Å². The Bertz CT molecular complexity index is 886. The summed E-state index contributed by atoms with van der Waals surface area (Å²) >= 11 is 0. The number of hydrogen-bond acceptors (Lipinski definition) is 6. The maximum absolute atomic E-state index is 12.5. The minimum atomic E-state index is -4.55. The zero-order chi connectivity index (χ0) is 23.8. The van der Waals surface area contributed by atoms with E-state index in [9.17, 15) is 22.6 Å². The Morgan fingerprint density at radius 1 is 0.812 bits per heavy atom. The molecule has 0 unspecified atom stereocenters. The van der Waals surface area contributed by atoms with Gasteiger partial charge in [0.05, 0.1) is 29.2 Å². The fourth-order valence-corrected chi connectivity index (χ4v) is 3.23. The molecule has 0 aromatic heterocycles. The molecule has 1 aromatic carbocycles. The van der Waals surface area contributed by atoms with Gasteiger partial charge in [-0.15, -0.1) is 0 Å². The van der Waals surface area contributed by atoms with Gasteiger partial charge in [0, 0.05) is 0 Å². The van der Waals surface area contributed by atoms with Crippen LogP contribution >= 0.6 is 0 Å². The van der Waals surface area contributed by atoms with Crippen LogP contribution in [0.2, 0.25) is 0 Å². The van der Waals surface area contributed by atoms with Crippen LogP contribution in [0.25, 0.3) is 0 Å². The second-order valence-electron chi connectivity index (χ2n) is 7.26. The van der Waals surface area contributed by atoms with Gasteiger partial charge in [0.2, 0.25) is 0 Å². The van der Waals surface area contributed by atoms with Gasteiger partial charge in [-0.3, -0.25) is 4.55 Å². The molecule has 0 fully saturated rings. The summed E-state index contributed by atoms with van der Waals surface area (Å²) in [7, 11) is -4.55. The van der Waals surface area contributed by atoms with E-state index >= 15 is 0 Å². The molecule has 0 saturated carbocycles. The average molecular weight is 467 g/mol. The molecule has 32 heavy (non-hydrogen) atoms. The highest BCUT2D eigenvalue weighted by Gasteiger charge is 2.23. The maximum atomic E-state index is 12.5. The standard InChI is InChI=1S/C24H34O7S/c1-3-5-7-9-11-13-17-30-23(25)21-16-15-20(32(27,28)29)19-22(21)24(26)31-18-14-12-10-8-6-4-2/h7-10,15-16,19H,3-6,11-14,17-18H2,1-2H3,(H,27,28,29)/b9-7+,10-8+. The number of benzene rings is 1. The van der Waals surface area contributed by atoms with Gasteiger partial charge >= 0.3 is 11.9 Å². The van der Waals surface area contributed by atoms with Crippen molar-refractivity contribution in [1.82, 2.24) is 0 Å². The smallest absolute Gasteiger partial charge is 0.339 e. The normalized spacial score (nSPS) is 11.8. The molecule has 8 heteroatoms. The lowest BCUT2D eigenvalue weighted by molar-refractivity contribution is 0.0453. The summed E-state index contributed by atoms with van der Waals surface area (Å²) in [6.07, 6.45) is 15.0. The third-order valence-corrected chi connectivity index (χ3v) is 5.32. The van der Waals surface area contributed by atoms with Crippen LogP contribution in [0.4, 0.5) is 0 Å². The first kappa shape index (κ1) is 27.6. The van der Waals surface area contributed by atoms with Crippen molar-refractivity contribution in [2.75, 3.05) is 13.2 Å². The first-order valence-corrected chi connectivity index (χ1v) is 12.5. The highest BCUT2D eigenvalue weighted by molar-refractivity contribution is 7.85. The van der Waals surface area contributed by atoms with Crippen molar-refractivity contribution in [3.05, 3.63) is 53.6 Å². The van der Waals surface area contributed by atoms with Crippen LogP contribution < -0.4 is 0 Å². The number of esters is 2. The van der Waals surface area contributed by atoms with E-state index in [4.69, 9.17) is 9.47 Å². The SMILES string of the molecule is CCC/C=C/CCCOC(=O)c1ccc(S(=O)(=O)O)cc1C(=O)OCCC/C=C/CCC. The summed E-state index contributed by atoms with van der Waals surface area (Å²) in [4.78, 5) is 24.5. The molecule has 0 heterocycles. The predicted molar refractivity (Wildman–Crippen MR) is 123 cm³/mol. The molecule has 0 amide bonds. The van der Waals surface area contributed by atoms with E-state index in [1.54, 1.807) is 0 Å². The lowest BCUT2D eigenvalue weighted by Crippen LogP contribution is -2.16. The monoisotopic (exact) mass is 466 g/mol. The van der Waals surface area contributed by atoms with Crippen molar-refractivity contribution in [3.63, 3.8) is 0 Å². The quantitative estimate of drug-likeness (QED) is 0.157. The van der Waals surface area contributed by atoms with Crippen molar-refractivity contribution >= 4 is 22.1 Å². The van der Waals surface area contributed by atoms with E-state index in [0.29, 0.717) is 12.8 Å². The second-order valence-corrected chi connectivity index (χ2v) is 8.68. The first-order valence-electron chi connectivity index (χ1n) is 11.1. The molecule has 1 aromatic rings. The van der Waals surface area contributed by atoms with Crippen LogP contribution in [0.3, 0.4) is 0 Å². The van der Waals surface area contributed by atoms with E-state index in [1.807, 2.05) is 12.2 Å². The first-order chi connectivity index (χ1) is 15.3. The molecular weight excluding hydrogens is 432 g/mol. The van der Waals surface area contributed by atoms with Crippen LogP contribution in [0.1, 0.15) is 85.9 Å². The molecule has 0 aliphatic carbocycles. The van der Waals surface area contributed by atoms with Gasteiger partial charge in [-0.25, -0.2) is 9.59 Å². The molecule has 1 N–H and O–H groups in total. The Hall–Kier alpha value is -2.45.